The summed E-state index contributed by atoms with van der Waals surface area (Å²) in [6.07, 6.45) is 6.07. The Hall–Kier alpha value is -2.87. The lowest BCUT2D eigenvalue weighted by Gasteiger charge is -2.31. The van der Waals surface area contributed by atoms with Crippen molar-refractivity contribution in [1.29, 1.82) is 5.26 Å². The van der Waals surface area contributed by atoms with Crippen LogP contribution in [0.3, 0.4) is 0 Å². The zero-order valence-corrected chi connectivity index (χ0v) is 12.6. The minimum absolute atomic E-state index is 0.206. The monoisotopic (exact) mass is 304 g/mol. The van der Waals surface area contributed by atoms with Gasteiger partial charge in [0, 0.05) is 24.4 Å². The summed E-state index contributed by atoms with van der Waals surface area (Å²) in [6.45, 7) is 0.563. The third kappa shape index (κ3) is 2.33. The number of hydrogen-bond acceptors (Lipinski definition) is 5. The van der Waals surface area contributed by atoms with Gasteiger partial charge in [-0.1, -0.05) is 18.2 Å². The van der Waals surface area contributed by atoms with Crippen molar-refractivity contribution in [3.05, 3.63) is 53.3 Å². The van der Waals surface area contributed by atoms with E-state index in [4.69, 9.17) is 15.7 Å². The summed E-state index contributed by atoms with van der Waals surface area (Å²) in [7, 11) is 0. The van der Waals surface area contributed by atoms with Crippen LogP contribution in [-0.2, 0) is 17.6 Å². The Balaban J connectivity index is 1.76. The van der Waals surface area contributed by atoms with Gasteiger partial charge in [0.05, 0.1) is 5.56 Å². The number of nitrogens with zero attached hydrogens (tertiary/aromatic N) is 3. The van der Waals surface area contributed by atoms with Crippen LogP contribution in [0, 0.1) is 11.3 Å². The Morgan fingerprint density at radius 1 is 1.30 bits per heavy atom. The summed E-state index contributed by atoms with van der Waals surface area (Å²) in [6, 6.07) is 10.6. The number of aliphatic imine (C=N–C) groups is 1. The molecule has 0 saturated heterocycles. The lowest BCUT2D eigenvalue weighted by atomic mass is 9.77. The SMILES string of the molecule is N#Cc1cncc(-c2cccc3c2CC[C@@]2(COC(N)=N2)C3)c1. The van der Waals surface area contributed by atoms with Crippen molar-refractivity contribution in [1.82, 2.24) is 4.98 Å². The van der Waals surface area contributed by atoms with Crippen molar-refractivity contribution in [2.45, 2.75) is 24.8 Å². The van der Waals surface area contributed by atoms with E-state index in [9.17, 15) is 0 Å². The third-order valence-electron chi connectivity index (χ3n) is 4.65. The molecule has 114 valence electrons. The van der Waals surface area contributed by atoms with Gasteiger partial charge >= 0.3 is 0 Å². The first kappa shape index (κ1) is 13.8. The molecule has 5 heteroatoms. The van der Waals surface area contributed by atoms with Gasteiger partial charge in [0.25, 0.3) is 6.02 Å². The highest BCUT2D eigenvalue weighted by molar-refractivity contribution is 5.74. The van der Waals surface area contributed by atoms with Gasteiger partial charge in [-0.2, -0.15) is 5.26 Å². The van der Waals surface area contributed by atoms with Crippen LogP contribution in [0.4, 0.5) is 0 Å². The van der Waals surface area contributed by atoms with Gasteiger partial charge in [0.15, 0.2) is 0 Å². The molecule has 0 amide bonds. The smallest absolute Gasteiger partial charge is 0.282 e. The van der Waals surface area contributed by atoms with Crippen molar-refractivity contribution in [2.24, 2.45) is 10.7 Å². The molecule has 1 aliphatic carbocycles. The Bertz CT molecular complexity index is 852. The molecule has 0 fully saturated rings. The van der Waals surface area contributed by atoms with E-state index in [1.165, 1.54) is 11.1 Å². The van der Waals surface area contributed by atoms with Gasteiger partial charge < -0.3 is 10.5 Å². The fraction of sp³-hybridized carbons (Fsp3) is 0.278. The number of amidine groups is 1. The molecular formula is C18H16N4O. The van der Waals surface area contributed by atoms with Crippen LogP contribution in [0.5, 0.6) is 0 Å². The van der Waals surface area contributed by atoms with Gasteiger partial charge in [0.1, 0.15) is 18.2 Å². The van der Waals surface area contributed by atoms with Crippen LogP contribution < -0.4 is 5.73 Å². The highest BCUT2D eigenvalue weighted by atomic mass is 16.5. The first-order valence-corrected chi connectivity index (χ1v) is 7.64. The fourth-order valence-corrected chi connectivity index (χ4v) is 3.54. The summed E-state index contributed by atoms with van der Waals surface area (Å²) in [5, 5.41) is 9.08. The second kappa shape index (κ2) is 5.10. The van der Waals surface area contributed by atoms with E-state index in [0.717, 1.165) is 30.4 Å². The van der Waals surface area contributed by atoms with Crippen molar-refractivity contribution in [3.63, 3.8) is 0 Å². The number of ether oxygens (including phenoxy) is 1. The molecule has 2 aliphatic rings. The molecule has 5 nitrogen and oxygen atoms in total. The minimum Gasteiger partial charge on any atom is -0.463 e. The summed E-state index contributed by atoms with van der Waals surface area (Å²) in [5.41, 5.74) is 10.8. The van der Waals surface area contributed by atoms with Gasteiger partial charge in [0.2, 0.25) is 0 Å². The van der Waals surface area contributed by atoms with Crippen molar-refractivity contribution >= 4 is 6.02 Å². The first-order valence-electron chi connectivity index (χ1n) is 7.64. The molecule has 23 heavy (non-hydrogen) atoms. The maximum Gasteiger partial charge on any atom is 0.282 e. The normalized spacial score (nSPS) is 22.1. The molecule has 1 aliphatic heterocycles. The number of fused-ring (bicyclic) bond motifs is 1. The molecule has 2 heterocycles. The Morgan fingerprint density at radius 2 is 2.22 bits per heavy atom. The van der Waals surface area contributed by atoms with Crippen molar-refractivity contribution in [3.8, 4) is 17.2 Å². The first-order chi connectivity index (χ1) is 11.2. The van der Waals surface area contributed by atoms with Crippen LogP contribution in [0.25, 0.3) is 11.1 Å². The Kier molecular flexibility index (Phi) is 3.05. The van der Waals surface area contributed by atoms with E-state index >= 15 is 0 Å². The standard InChI is InChI=1S/C18H16N4O/c19-8-12-6-14(10-21-9-12)15-3-1-2-13-7-18(5-4-16(13)15)11-23-17(20)22-18/h1-3,6,9-10H,4-5,7,11H2,(H2,20,22)/t18-/m0/s1. The van der Waals surface area contributed by atoms with Crippen molar-refractivity contribution in [2.75, 3.05) is 6.61 Å². The minimum atomic E-state index is -0.206. The lowest BCUT2D eigenvalue weighted by molar-refractivity contribution is 0.235. The number of benzene rings is 1. The molecule has 0 unspecified atom stereocenters. The van der Waals surface area contributed by atoms with E-state index in [1.54, 1.807) is 6.20 Å². The summed E-state index contributed by atoms with van der Waals surface area (Å²) in [4.78, 5) is 8.71. The molecule has 2 N–H and O–H groups in total. The average molecular weight is 304 g/mol. The molecule has 0 bridgehead atoms. The zero-order valence-electron chi connectivity index (χ0n) is 12.6. The molecule has 0 saturated carbocycles. The summed E-state index contributed by atoms with van der Waals surface area (Å²) in [5.74, 6) is 0. The number of aromatic nitrogens is 1. The van der Waals surface area contributed by atoms with Gasteiger partial charge in [-0.25, -0.2) is 4.99 Å². The topological polar surface area (TPSA) is 84.3 Å². The third-order valence-corrected chi connectivity index (χ3v) is 4.65. The predicted molar refractivity (Wildman–Crippen MR) is 86.7 cm³/mol. The molecule has 4 rings (SSSR count). The lowest BCUT2D eigenvalue weighted by Crippen LogP contribution is -2.35. The van der Waals surface area contributed by atoms with Crippen molar-refractivity contribution < 1.29 is 4.74 Å². The van der Waals surface area contributed by atoms with E-state index in [0.29, 0.717) is 18.2 Å². The second-order valence-corrected chi connectivity index (χ2v) is 6.16. The number of hydrogen-bond donors (Lipinski definition) is 1. The highest BCUT2D eigenvalue weighted by Crippen LogP contribution is 2.38. The maximum absolute atomic E-state index is 9.08. The van der Waals surface area contributed by atoms with E-state index < -0.39 is 0 Å². The molecule has 1 aromatic carbocycles. The molecule has 1 aromatic heterocycles. The van der Waals surface area contributed by atoms with Crippen LogP contribution in [0.2, 0.25) is 0 Å². The Labute approximate surface area is 134 Å². The molecule has 1 atom stereocenters. The van der Waals surface area contributed by atoms with E-state index in [1.807, 2.05) is 12.3 Å². The van der Waals surface area contributed by atoms with Crippen LogP contribution in [-0.4, -0.2) is 23.2 Å². The molecular weight excluding hydrogens is 288 g/mol. The molecule has 0 radical (unpaired) electrons. The molecule has 2 aromatic rings. The number of pyridine rings is 1. The number of rotatable bonds is 1. The van der Waals surface area contributed by atoms with Crippen LogP contribution in [0.1, 0.15) is 23.1 Å². The zero-order chi connectivity index (χ0) is 15.9. The summed E-state index contributed by atoms with van der Waals surface area (Å²) < 4.78 is 5.39. The summed E-state index contributed by atoms with van der Waals surface area (Å²) >= 11 is 0. The highest BCUT2D eigenvalue weighted by Gasteiger charge is 2.39. The fourth-order valence-electron chi connectivity index (χ4n) is 3.54. The quantitative estimate of drug-likeness (QED) is 0.875. The molecule has 1 spiro atoms. The van der Waals surface area contributed by atoms with E-state index in [-0.39, 0.29) is 5.54 Å². The second-order valence-electron chi connectivity index (χ2n) is 6.16. The van der Waals surface area contributed by atoms with E-state index in [2.05, 4.69) is 34.2 Å². The van der Waals surface area contributed by atoms with Gasteiger partial charge in [-0.3, -0.25) is 4.98 Å². The van der Waals surface area contributed by atoms with Gasteiger partial charge in [-0.05, 0) is 35.6 Å². The van der Waals surface area contributed by atoms with Crippen LogP contribution in [0.15, 0.2) is 41.7 Å². The predicted octanol–water partition coefficient (Wildman–Crippen LogP) is 2.19. The van der Waals surface area contributed by atoms with Gasteiger partial charge in [-0.15, -0.1) is 0 Å². The average Bonchev–Trinajstić information content (AvgIpc) is 2.94. The largest absolute Gasteiger partial charge is 0.463 e. The Morgan fingerprint density at radius 3 is 3.00 bits per heavy atom. The van der Waals surface area contributed by atoms with Crippen LogP contribution >= 0.6 is 0 Å². The maximum atomic E-state index is 9.08. The number of nitrogens with two attached hydrogens (primary N) is 1. The number of nitriles is 1.